The van der Waals surface area contributed by atoms with E-state index in [0.29, 0.717) is 0 Å². The zero-order valence-corrected chi connectivity index (χ0v) is 23.4. The number of carbonyl (C=O) groups is 1. The van der Waals surface area contributed by atoms with Gasteiger partial charge in [0.15, 0.2) is 12.0 Å². The minimum atomic E-state index is 0.0590. The van der Waals surface area contributed by atoms with Crippen LogP contribution in [0.2, 0.25) is 0 Å². The topological polar surface area (TPSA) is 41.5 Å². The van der Waals surface area contributed by atoms with Gasteiger partial charge in [0.25, 0.3) is 0 Å². The van der Waals surface area contributed by atoms with Crippen LogP contribution < -0.4 is 5.32 Å². The SMILES string of the molecule is CCCCCCCCCC/C=C/CCCCCCCCCC1=NCC[N+]1(CC)C(C)NC(C)=O. The first-order valence-corrected chi connectivity index (χ1v) is 14.9. The number of nitrogens with one attached hydrogen (secondary N) is 1. The molecule has 2 atom stereocenters. The van der Waals surface area contributed by atoms with Crippen molar-refractivity contribution in [2.45, 2.75) is 149 Å². The Morgan fingerprint density at radius 1 is 0.853 bits per heavy atom. The summed E-state index contributed by atoms with van der Waals surface area (Å²) >= 11 is 0. The van der Waals surface area contributed by atoms with E-state index < -0.39 is 0 Å². The first kappa shape index (κ1) is 30.9. The number of hydrogen-bond donors (Lipinski definition) is 1. The molecule has 0 fully saturated rings. The van der Waals surface area contributed by atoms with E-state index in [-0.39, 0.29) is 12.1 Å². The summed E-state index contributed by atoms with van der Waals surface area (Å²) in [6.07, 6.45) is 29.2. The lowest BCUT2D eigenvalue weighted by Gasteiger charge is -2.39. The minimum Gasteiger partial charge on any atom is -0.307 e. The van der Waals surface area contributed by atoms with Gasteiger partial charge < -0.3 is 5.32 Å². The lowest BCUT2D eigenvalue weighted by atomic mass is 10.1. The second-order valence-corrected chi connectivity index (χ2v) is 10.5. The number of allylic oxidation sites excluding steroid dienone is 2. The van der Waals surface area contributed by atoms with Gasteiger partial charge in [0.05, 0.1) is 13.1 Å². The molecule has 1 amide bonds. The molecule has 198 valence electrons. The maximum atomic E-state index is 11.6. The maximum absolute atomic E-state index is 11.6. The number of nitrogens with zero attached hydrogens (tertiary/aromatic N) is 2. The molecule has 1 heterocycles. The summed E-state index contributed by atoms with van der Waals surface area (Å²) in [5, 5.41) is 3.12. The molecule has 1 aliphatic heterocycles. The quantitative estimate of drug-likeness (QED) is 0.0952. The zero-order valence-electron chi connectivity index (χ0n) is 23.4. The molecule has 1 aliphatic rings. The number of rotatable bonds is 22. The molecule has 4 nitrogen and oxygen atoms in total. The Balaban J connectivity index is 1.96. The molecule has 0 spiro atoms. The van der Waals surface area contributed by atoms with Crippen LogP contribution in [-0.2, 0) is 4.79 Å². The van der Waals surface area contributed by atoms with Crippen molar-refractivity contribution in [3.8, 4) is 0 Å². The predicted octanol–water partition coefficient (Wildman–Crippen LogP) is 8.32. The molecule has 1 rings (SSSR count). The lowest BCUT2D eigenvalue weighted by molar-refractivity contribution is -0.861. The number of amides is 1. The summed E-state index contributed by atoms with van der Waals surface area (Å²) in [5.74, 6) is 1.37. The summed E-state index contributed by atoms with van der Waals surface area (Å²) in [6.45, 7) is 11.2. The maximum Gasteiger partial charge on any atom is 0.221 e. The van der Waals surface area contributed by atoms with Gasteiger partial charge in [0, 0.05) is 20.3 Å². The van der Waals surface area contributed by atoms with Gasteiger partial charge in [-0.05, 0) is 39.0 Å². The van der Waals surface area contributed by atoms with Crippen molar-refractivity contribution >= 4 is 11.7 Å². The molecule has 0 aromatic rings. The molecule has 0 bridgehead atoms. The number of quaternary nitrogens is 1. The van der Waals surface area contributed by atoms with Crippen LogP contribution in [0.3, 0.4) is 0 Å². The number of aliphatic imine (C=N–C) groups is 1. The van der Waals surface area contributed by atoms with E-state index in [0.717, 1.165) is 30.5 Å². The number of carbonyl (C=O) groups excluding carboxylic acids is 1. The van der Waals surface area contributed by atoms with Crippen LogP contribution in [-0.4, -0.2) is 42.0 Å². The molecule has 0 saturated carbocycles. The average molecular weight is 477 g/mol. The summed E-state index contributed by atoms with van der Waals surface area (Å²) < 4.78 is 0.853. The Morgan fingerprint density at radius 3 is 1.85 bits per heavy atom. The van der Waals surface area contributed by atoms with E-state index in [1.165, 1.54) is 115 Å². The van der Waals surface area contributed by atoms with Crippen molar-refractivity contribution in [2.75, 3.05) is 19.6 Å². The molecule has 0 aromatic carbocycles. The molecule has 0 aromatic heterocycles. The van der Waals surface area contributed by atoms with Gasteiger partial charge in [-0.25, -0.2) is 4.99 Å². The molecule has 34 heavy (non-hydrogen) atoms. The van der Waals surface area contributed by atoms with E-state index in [2.05, 4.69) is 38.2 Å². The van der Waals surface area contributed by atoms with Crippen LogP contribution >= 0.6 is 0 Å². The van der Waals surface area contributed by atoms with Crippen LogP contribution in [0.25, 0.3) is 0 Å². The van der Waals surface area contributed by atoms with Gasteiger partial charge in [0.2, 0.25) is 5.91 Å². The monoisotopic (exact) mass is 476 g/mol. The Bertz CT molecular complexity index is 571. The van der Waals surface area contributed by atoms with Crippen LogP contribution in [0.4, 0.5) is 0 Å². The van der Waals surface area contributed by atoms with Crippen LogP contribution in [0.15, 0.2) is 17.1 Å². The van der Waals surface area contributed by atoms with E-state index in [9.17, 15) is 4.79 Å². The largest absolute Gasteiger partial charge is 0.307 e. The van der Waals surface area contributed by atoms with Crippen molar-refractivity contribution in [1.29, 1.82) is 0 Å². The first-order valence-electron chi connectivity index (χ1n) is 14.9. The van der Waals surface area contributed by atoms with Gasteiger partial charge >= 0.3 is 0 Å². The van der Waals surface area contributed by atoms with Gasteiger partial charge in [-0.3, -0.25) is 9.28 Å². The molecule has 2 unspecified atom stereocenters. The minimum absolute atomic E-state index is 0.0590. The summed E-state index contributed by atoms with van der Waals surface area (Å²) in [7, 11) is 0. The third-order valence-corrected chi connectivity index (χ3v) is 7.69. The normalized spacial score (nSPS) is 19.0. The second kappa shape index (κ2) is 20.1. The molecule has 0 saturated heterocycles. The molecular formula is C30H58N3O+. The van der Waals surface area contributed by atoms with Crippen LogP contribution in [0.1, 0.15) is 143 Å². The highest BCUT2D eigenvalue weighted by atomic mass is 16.1. The Labute approximate surface area is 212 Å². The van der Waals surface area contributed by atoms with E-state index in [1.807, 2.05) is 0 Å². The van der Waals surface area contributed by atoms with Gasteiger partial charge in [0.1, 0.15) is 6.54 Å². The average Bonchev–Trinajstić information content (AvgIpc) is 3.24. The van der Waals surface area contributed by atoms with Gasteiger partial charge in [-0.15, -0.1) is 0 Å². The highest BCUT2D eigenvalue weighted by Gasteiger charge is 2.41. The number of unbranched alkanes of at least 4 members (excludes halogenated alkanes) is 15. The molecule has 0 radical (unpaired) electrons. The number of amidine groups is 1. The van der Waals surface area contributed by atoms with Crippen molar-refractivity contribution in [1.82, 2.24) is 5.32 Å². The first-order chi connectivity index (χ1) is 16.6. The fourth-order valence-electron chi connectivity index (χ4n) is 5.44. The summed E-state index contributed by atoms with van der Waals surface area (Å²) in [5.41, 5.74) is 0. The smallest absolute Gasteiger partial charge is 0.221 e. The van der Waals surface area contributed by atoms with E-state index in [4.69, 9.17) is 4.99 Å². The third kappa shape index (κ3) is 13.1. The molecule has 4 heteroatoms. The highest BCUT2D eigenvalue weighted by Crippen LogP contribution is 2.23. The van der Waals surface area contributed by atoms with E-state index in [1.54, 1.807) is 6.92 Å². The van der Waals surface area contributed by atoms with Crippen molar-refractivity contribution < 1.29 is 9.28 Å². The Morgan fingerprint density at radius 2 is 1.35 bits per heavy atom. The fraction of sp³-hybridized carbons (Fsp3) is 0.867. The zero-order chi connectivity index (χ0) is 24.9. The van der Waals surface area contributed by atoms with Crippen molar-refractivity contribution in [3.05, 3.63) is 12.2 Å². The predicted molar refractivity (Wildman–Crippen MR) is 149 cm³/mol. The van der Waals surface area contributed by atoms with Gasteiger partial charge in [-0.2, -0.15) is 0 Å². The second-order valence-electron chi connectivity index (χ2n) is 10.5. The lowest BCUT2D eigenvalue weighted by Crippen LogP contribution is -2.62. The van der Waals surface area contributed by atoms with E-state index >= 15 is 0 Å². The molecule has 1 N–H and O–H groups in total. The highest BCUT2D eigenvalue weighted by molar-refractivity contribution is 5.78. The van der Waals surface area contributed by atoms with Crippen LogP contribution in [0, 0.1) is 0 Å². The summed E-state index contributed by atoms with van der Waals surface area (Å²) in [4.78, 5) is 16.4. The number of likely N-dealkylation sites (N-methyl/N-ethyl adjacent to an activating group) is 1. The van der Waals surface area contributed by atoms with Crippen LogP contribution in [0.5, 0.6) is 0 Å². The van der Waals surface area contributed by atoms with Gasteiger partial charge in [-0.1, -0.05) is 96.1 Å². The third-order valence-electron chi connectivity index (χ3n) is 7.69. The van der Waals surface area contributed by atoms with Crippen molar-refractivity contribution in [3.63, 3.8) is 0 Å². The number of hydrogen-bond acceptors (Lipinski definition) is 2. The Kier molecular flexibility index (Phi) is 18.2. The van der Waals surface area contributed by atoms with Crippen molar-refractivity contribution in [2.24, 2.45) is 4.99 Å². The fourth-order valence-corrected chi connectivity index (χ4v) is 5.44. The summed E-state index contributed by atoms with van der Waals surface area (Å²) in [6, 6.07) is 0. The standard InChI is InChI=1S/C30H57N3O/c1-5-7-8-9-10-11-12-13-14-15-16-17-18-19-20-21-22-23-24-25-30-31-26-27-33(30,6-2)28(3)32-29(4)34/h15-16,28H,5-14,17-27H2,1-4H3/p+1/b16-15+. The molecule has 0 aliphatic carbocycles. The Hall–Kier alpha value is -1.16. The molecular weight excluding hydrogens is 418 g/mol.